The highest BCUT2D eigenvalue weighted by atomic mass is 16.5. The molecule has 0 fully saturated rings. The number of benzene rings is 2. The predicted octanol–water partition coefficient (Wildman–Crippen LogP) is 3.17. The quantitative estimate of drug-likeness (QED) is 0.836. The molecule has 1 unspecified atom stereocenters. The van der Waals surface area contributed by atoms with Gasteiger partial charge in [-0.1, -0.05) is 45.0 Å². The van der Waals surface area contributed by atoms with Crippen molar-refractivity contribution in [2.75, 3.05) is 0 Å². The second-order valence-corrected chi connectivity index (χ2v) is 7.31. The van der Waals surface area contributed by atoms with Gasteiger partial charge in [0, 0.05) is 12.1 Å². The Morgan fingerprint density at radius 1 is 1.04 bits per heavy atom. The number of hydrogen-bond donors (Lipinski definition) is 2. The number of primary amides is 1. The molecule has 0 bridgehead atoms. The normalized spacial score (nSPS) is 12.3. The van der Waals surface area contributed by atoms with Crippen LogP contribution < -0.4 is 15.8 Å². The van der Waals surface area contributed by atoms with Crippen molar-refractivity contribution in [3.8, 4) is 5.75 Å². The number of hydrogen-bond acceptors (Lipinski definition) is 3. The highest BCUT2D eigenvalue weighted by Gasteiger charge is 2.16. The molecule has 0 aliphatic rings. The lowest BCUT2D eigenvalue weighted by Crippen LogP contribution is -2.35. The van der Waals surface area contributed by atoms with Gasteiger partial charge >= 0.3 is 0 Å². The van der Waals surface area contributed by atoms with E-state index in [1.165, 1.54) is 5.56 Å². The van der Waals surface area contributed by atoms with Gasteiger partial charge in [0.25, 0.3) is 5.91 Å². The van der Waals surface area contributed by atoms with Crippen LogP contribution in [0.1, 0.15) is 49.2 Å². The van der Waals surface area contributed by atoms with E-state index in [0.29, 0.717) is 17.9 Å². The summed E-state index contributed by atoms with van der Waals surface area (Å²) in [7, 11) is 0. The third-order valence-electron chi connectivity index (χ3n) is 4.11. The van der Waals surface area contributed by atoms with Crippen molar-refractivity contribution in [3.63, 3.8) is 0 Å². The molecule has 5 heteroatoms. The van der Waals surface area contributed by atoms with E-state index in [9.17, 15) is 9.59 Å². The predicted molar refractivity (Wildman–Crippen MR) is 102 cm³/mol. The van der Waals surface area contributed by atoms with Crippen molar-refractivity contribution in [3.05, 3.63) is 65.2 Å². The van der Waals surface area contributed by atoms with Gasteiger partial charge in [-0.25, -0.2) is 0 Å². The van der Waals surface area contributed by atoms with Crippen LogP contribution >= 0.6 is 0 Å². The number of carbonyl (C=O) groups is 2. The molecule has 2 aromatic carbocycles. The van der Waals surface area contributed by atoms with Crippen LogP contribution in [0, 0.1) is 0 Å². The SMILES string of the molecule is CC(Oc1ccc(C(C)(C)C)cc1)C(=O)NCc1ccc(C(N)=O)cc1. The third kappa shape index (κ3) is 5.34. The summed E-state index contributed by atoms with van der Waals surface area (Å²) in [6.07, 6.45) is -0.611. The molecule has 138 valence electrons. The summed E-state index contributed by atoms with van der Waals surface area (Å²) in [4.78, 5) is 23.3. The van der Waals surface area contributed by atoms with Crippen LogP contribution in [-0.2, 0) is 16.8 Å². The van der Waals surface area contributed by atoms with E-state index in [1.807, 2.05) is 24.3 Å². The van der Waals surface area contributed by atoms with Gasteiger partial charge < -0.3 is 15.8 Å². The Hall–Kier alpha value is -2.82. The van der Waals surface area contributed by atoms with Crippen molar-refractivity contribution in [2.45, 2.75) is 45.8 Å². The fourth-order valence-corrected chi connectivity index (χ4v) is 2.41. The van der Waals surface area contributed by atoms with Crippen molar-refractivity contribution >= 4 is 11.8 Å². The zero-order valence-corrected chi connectivity index (χ0v) is 15.7. The summed E-state index contributed by atoms with van der Waals surface area (Å²) in [5.74, 6) is -0.0181. The maximum atomic E-state index is 12.2. The van der Waals surface area contributed by atoms with Gasteiger partial charge in [-0.3, -0.25) is 9.59 Å². The van der Waals surface area contributed by atoms with Gasteiger partial charge in [0.2, 0.25) is 5.91 Å². The first-order chi connectivity index (χ1) is 12.2. The molecule has 2 aromatic rings. The lowest BCUT2D eigenvalue weighted by atomic mass is 9.87. The number of rotatable bonds is 6. The molecule has 0 saturated carbocycles. The molecule has 0 heterocycles. The Balaban J connectivity index is 1.88. The van der Waals surface area contributed by atoms with Gasteiger partial charge in [0.15, 0.2) is 6.10 Å². The molecular weight excluding hydrogens is 328 g/mol. The molecule has 0 saturated heterocycles. The Bertz CT molecular complexity index is 759. The molecule has 26 heavy (non-hydrogen) atoms. The van der Waals surface area contributed by atoms with Gasteiger partial charge in [-0.05, 0) is 47.7 Å². The number of nitrogens with one attached hydrogen (secondary N) is 1. The maximum Gasteiger partial charge on any atom is 0.261 e. The van der Waals surface area contributed by atoms with E-state index in [-0.39, 0.29) is 11.3 Å². The van der Waals surface area contributed by atoms with Crippen LogP contribution in [0.5, 0.6) is 5.75 Å². The first-order valence-corrected chi connectivity index (χ1v) is 8.60. The van der Waals surface area contributed by atoms with Gasteiger partial charge in [0.1, 0.15) is 5.75 Å². The minimum absolute atomic E-state index is 0.0750. The first kappa shape index (κ1) is 19.5. The fourth-order valence-electron chi connectivity index (χ4n) is 2.41. The van der Waals surface area contributed by atoms with Crippen LogP contribution in [0.3, 0.4) is 0 Å². The van der Waals surface area contributed by atoms with Gasteiger partial charge in [-0.2, -0.15) is 0 Å². The zero-order valence-electron chi connectivity index (χ0n) is 15.7. The molecule has 0 aliphatic heterocycles. The largest absolute Gasteiger partial charge is 0.481 e. The van der Waals surface area contributed by atoms with E-state index in [4.69, 9.17) is 10.5 Å². The summed E-state index contributed by atoms with van der Waals surface area (Å²) in [6, 6.07) is 14.6. The fraction of sp³-hybridized carbons (Fsp3) is 0.333. The summed E-state index contributed by atoms with van der Waals surface area (Å²) in [5.41, 5.74) is 7.81. The number of ether oxygens (including phenoxy) is 1. The molecule has 0 spiro atoms. The van der Waals surface area contributed by atoms with Crippen LogP contribution in [0.2, 0.25) is 0 Å². The molecule has 0 aliphatic carbocycles. The molecule has 0 radical (unpaired) electrons. The monoisotopic (exact) mass is 354 g/mol. The highest BCUT2D eigenvalue weighted by Crippen LogP contribution is 2.24. The Morgan fingerprint density at radius 2 is 1.62 bits per heavy atom. The highest BCUT2D eigenvalue weighted by molar-refractivity contribution is 5.92. The Kier molecular flexibility index (Phi) is 6.03. The van der Waals surface area contributed by atoms with Crippen molar-refractivity contribution in [1.82, 2.24) is 5.32 Å². The number of carbonyl (C=O) groups excluding carboxylic acids is 2. The van der Waals surface area contributed by atoms with Gasteiger partial charge in [-0.15, -0.1) is 0 Å². The van der Waals surface area contributed by atoms with E-state index in [0.717, 1.165) is 5.56 Å². The van der Waals surface area contributed by atoms with Crippen molar-refractivity contribution < 1.29 is 14.3 Å². The third-order valence-corrected chi connectivity index (χ3v) is 4.11. The van der Waals surface area contributed by atoms with Crippen LogP contribution in [0.4, 0.5) is 0 Å². The lowest BCUT2D eigenvalue weighted by Gasteiger charge is -2.20. The Labute approximate surface area is 154 Å². The summed E-state index contributed by atoms with van der Waals surface area (Å²) in [5, 5.41) is 2.82. The van der Waals surface area contributed by atoms with E-state index in [2.05, 4.69) is 26.1 Å². The van der Waals surface area contributed by atoms with E-state index < -0.39 is 12.0 Å². The molecule has 5 nitrogen and oxygen atoms in total. The average molecular weight is 354 g/mol. The molecular formula is C21H26N2O3. The van der Waals surface area contributed by atoms with Crippen LogP contribution in [-0.4, -0.2) is 17.9 Å². The van der Waals surface area contributed by atoms with Gasteiger partial charge in [0.05, 0.1) is 0 Å². The molecule has 0 aromatic heterocycles. The standard InChI is InChI=1S/C21H26N2O3/c1-14(26-18-11-9-17(10-12-18)21(2,3)4)20(25)23-13-15-5-7-16(8-6-15)19(22)24/h5-12,14H,13H2,1-4H3,(H2,22,24)(H,23,25). The van der Waals surface area contributed by atoms with E-state index >= 15 is 0 Å². The molecule has 1 atom stereocenters. The van der Waals surface area contributed by atoms with E-state index in [1.54, 1.807) is 31.2 Å². The number of amides is 2. The minimum Gasteiger partial charge on any atom is -0.481 e. The zero-order chi connectivity index (χ0) is 19.3. The second kappa shape index (κ2) is 8.04. The van der Waals surface area contributed by atoms with Crippen molar-refractivity contribution in [2.24, 2.45) is 5.73 Å². The first-order valence-electron chi connectivity index (χ1n) is 8.60. The summed E-state index contributed by atoms with van der Waals surface area (Å²) >= 11 is 0. The lowest BCUT2D eigenvalue weighted by molar-refractivity contribution is -0.127. The topological polar surface area (TPSA) is 81.4 Å². The van der Waals surface area contributed by atoms with Crippen LogP contribution in [0.15, 0.2) is 48.5 Å². The number of nitrogens with two attached hydrogens (primary N) is 1. The minimum atomic E-state index is -0.611. The second-order valence-electron chi connectivity index (χ2n) is 7.31. The maximum absolute atomic E-state index is 12.2. The molecule has 2 amide bonds. The summed E-state index contributed by atoms with van der Waals surface area (Å²) < 4.78 is 5.71. The molecule has 2 rings (SSSR count). The van der Waals surface area contributed by atoms with Crippen molar-refractivity contribution in [1.29, 1.82) is 0 Å². The van der Waals surface area contributed by atoms with Crippen LogP contribution in [0.25, 0.3) is 0 Å². The molecule has 3 N–H and O–H groups in total. The smallest absolute Gasteiger partial charge is 0.261 e. The Morgan fingerprint density at radius 3 is 2.12 bits per heavy atom. The average Bonchev–Trinajstić information content (AvgIpc) is 2.59. The summed E-state index contributed by atoms with van der Waals surface area (Å²) in [6.45, 7) is 8.51.